The molecule has 56 heavy (non-hydrogen) atoms. The molecule has 0 saturated heterocycles. The van der Waals surface area contributed by atoms with E-state index in [-0.39, 0.29) is 25.2 Å². The molecule has 0 aromatic heterocycles. The van der Waals surface area contributed by atoms with Gasteiger partial charge in [-0.05, 0) is 57.8 Å². The first-order valence-electron chi connectivity index (χ1n) is 24.2. The van der Waals surface area contributed by atoms with Gasteiger partial charge in [-0.15, -0.1) is 0 Å². The number of rotatable bonds is 44. The van der Waals surface area contributed by atoms with Crippen LogP contribution in [-0.2, 0) is 23.8 Å². The van der Waals surface area contributed by atoms with Crippen molar-refractivity contribution in [2.75, 3.05) is 19.8 Å². The third kappa shape index (κ3) is 44.6. The van der Waals surface area contributed by atoms with Gasteiger partial charge in [0.05, 0.1) is 6.61 Å². The van der Waals surface area contributed by atoms with Crippen LogP contribution in [0.15, 0.2) is 48.6 Å². The van der Waals surface area contributed by atoms with E-state index in [4.69, 9.17) is 14.2 Å². The van der Waals surface area contributed by atoms with Crippen LogP contribution in [0.5, 0.6) is 0 Å². The van der Waals surface area contributed by atoms with Crippen LogP contribution in [0.2, 0.25) is 0 Å². The van der Waals surface area contributed by atoms with E-state index in [1.165, 1.54) is 122 Å². The second-order valence-electron chi connectivity index (χ2n) is 16.0. The van der Waals surface area contributed by atoms with Gasteiger partial charge >= 0.3 is 11.9 Å². The van der Waals surface area contributed by atoms with Crippen LogP contribution >= 0.6 is 0 Å². The van der Waals surface area contributed by atoms with E-state index in [0.29, 0.717) is 19.4 Å². The number of carbonyl (C=O) groups excluding carboxylic acids is 2. The number of allylic oxidation sites excluding steroid dienone is 8. The quantitative estimate of drug-likeness (QED) is 0.0350. The molecule has 0 aliphatic carbocycles. The van der Waals surface area contributed by atoms with E-state index in [9.17, 15) is 9.59 Å². The maximum atomic E-state index is 12.7. The summed E-state index contributed by atoms with van der Waals surface area (Å²) in [5, 5.41) is 0. The summed E-state index contributed by atoms with van der Waals surface area (Å²) in [6.45, 7) is 7.71. The highest BCUT2D eigenvalue weighted by Gasteiger charge is 2.17. The van der Waals surface area contributed by atoms with Crippen LogP contribution in [0.25, 0.3) is 0 Å². The molecule has 0 aliphatic rings. The smallest absolute Gasteiger partial charge is 0.306 e. The molecule has 0 radical (unpaired) electrons. The van der Waals surface area contributed by atoms with Crippen molar-refractivity contribution in [1.82, 2.24) is 0 Å². The maximum absolute atomic E-state index is 12.7. The molecule has 0 aliphatic heterocycles. The van der Waals surface area contributed by atoms with E-state index in [0.717, 1.165) is 83.5 Å². The lowest BCUT2D eigenvalue weighted by atomic mass is 10.0. The molecular formula is C51H92O5. The van der Waals surface area contributed by atoms with Crippen molar-refractivity contribution in [3.8, 4) is 0 Å². The molecular weight excluding hydrogens is 693 g/mol. The lowest BCUT2D eigenvalue weighted by Gasteiger charge is -2.18. The van der Waals surface area contributed by atoms with Crippen molar-refractivity contribution in [2.24, 2.45) is 0 Å². The minimum absolute atomic E-state index is 0.0764. The molecule has 1 atom stereocenters. The second kappa shape index (κ2) is 47.2. The third-order valence-corrected chi connectivity index (χ3v) is 10.4. The number of hydrogen-bond acceptors (Lipinski definition) is 5. The first-order chi connectivity index (χ1) is 27.6. The SMILES string of the molecule is CC/C=C\C/C=C\C/C=C\C/C=C\CCCCCCC(=O)OCC(COCCCCCCCCCCCC)OC(=O)CCCCCCCCCCCCCCC. The van der Waals surface area contributed by atoms with Gasteiger partial charge in [0.25, 0.3) is 0 Å². The van der Waals surface area contributed by atoms with Crippen molar-refractivity contribution in [3.05, 3.63) is 48.6 Å². The fraction of sp³-hybridized carbons (Fsp3) is 0.804. The molecule has 0 heterocycles. The minimum Gasteiger partial charge on any atom is -0.462 e. The zero-order valence-corrected chi connectivity index (χ0v) is 37.4. The van der Waals surface area contributed by atoms with Crippen LogP contribution in [0.3, 0.4) is 0 Å². The summed E-state index contributed by atoms with van der Waals surface area (Å²) in [4.78, 5) is 25.3. The number of ether oxygens (including phenoxy) is 3. The van der Waals surface area contributed by atoms with Gasteiger partial charge in [-0.1, -0.05) is 217 Å². The number of esters is 2. The zero-order valence-electron chi connectivity index (χ0n) is 37.4. The molecule has 5 heteroatoms. The molecule has 0 aromatic rings. The number of unbranched alkanes of at least 4 members (excludes halogenated alkanes) is 25. The van der Waals surface area contributed by atoms with Crippen LogP contribution < -0.4 is 0 Å². The molecule has 5 nitrogen and oxygen atoms in total. The second-order valence-corrected chi connectivity index (χ2v) is 16.0. The Balaban J connectivity index is 4.25. The van der Waals surface area contributed by atoms with Crippen molar-refractivity contribution in [2.45, 2.75) is 245 Å². The fourth-order valence-corrected chi connectivity index (χ4v) is 6.80. The van der Waals surface area contributed by atoms with Crippen LogP contribution in [-0.4, -0.2) is 37.9 Å². The molecule has 326 valence electrons. The average molecular weight is 785 g/mol. The normalized spacial score (nSPS) is 12.6. The first-order valence-corrected chi connectivity index (χ1v) is 24.2. The summed E-state index contributed by atoms with van der Waals surface area (Å²) in [6.07, 6.45) is 56.8. The molecule has 0 amide bonds. The highest BCUT2D eigenvalue weighted by Crippen LogP contribution is 2.15. The third-order valence-electron chi connectivity index (χ3n) is 10.4. The van der Waals surface area contributed by atoms with Gasteiger partial charge in [0.15, 0.2) is 6.10 Å². The highest BCUT2D eigenvalue weighted by molar-refractivity contribution is 5.70. The number of hydrogen-bond donors (Lipinski definition) is 0. The topological polar surface area (TPSA) is 61.8 Å². The molecule has 0 bridgehead atoms. The Morgan fingerprint density at radius 2 is 0.804 bits per heavy atom. The van der Waals surface area contributed by atoms with Gasteiger partial charge in [-0.3, -0.25) is 9.59 Å². The van der Waals surface area contributed by atoms with Gasteiger partial charge in [0.2, 0.25) is 0 Å². The van der Waals surface area contributed by atoms with E-state index >= 15 is 0 Å². The van der Waals surface area contributed by atoms with Crippen molar-refractivity contribution < 1.29 is 23.8 Å². The minimum atomic E-state index is -0.539. The van der Waals surface area contributed by atoms with E-state index in [1.807, 2.05) is 0 Å². The largest absolute Gasteiger partial charge is 0.462 e. The Morgan fingerprint density at radius 1 is 0.411 bits per heavy atom. The van der Waals surface area contributed by atoms with Crippen LogP contribution in [0.1, 0.15) is 239 Å². The predicted octanol–water partition coefficient (Wildman–Crippen LogP) is 16.0. The van der Waals surface area contributed by atoms with Crippen molar-refractivity contribution in [3.63, 3.8) is 0 Å². The molecule has 1 unspecified atom stereocenters. The molecule has 0 N–H and O–H groups in total. The van der Waals surface area contributed by atoms with E-state index in [2.05, 4.69) is 69.4 Å². The first kappa shape index (κ1) is 53.9. The van der Waals surface area contributed by atoms with Gasteiger partial charge in [-0.2, -0.15) is 0 Å². The van der Waals surface area contributed by atoms with Crippen molar-refractivity contribution in [1.29, 1.82) is 0 Å². The fourth-order valence-electron chi connectivity index (χ4n) is 6.80. The Bertz CT molecular complexity index is 935. The zero-order chi connectivity index (χ0) is 40.7. The standard InChI is InChI=1S/C51H92O5/c1-4-7-10-13-16-19-22-24-25-26-27-29-30-32-35-38-41-44-50(52)55-48-49(47-54-46-43-40-37-34-21-18-15-12-9-6-3)56-51(53)45-42-39-36-33-31-28-23-20-17-14-11-8-5-2/h7,10,16,19,24-25,27,29,49H,4-6,8-9,11-15,17-18,20-23,26,28,30-48H2,1-3H3/b10-7-,19-16-,25-24-,29-27-. The lowest BCUT2D eigenvalue weighted by molar-refractivity contribution is -0.163. The molecule has 0 fully saturated rings. The van der Waals surface area contributed by atoms with Crippen LogP contribution in [0.4, 0.5) is 0 Å². The maximum Gasteiger partial charge on any atom is 0.306 e. The van der Waals surface area contributed by atoms with Gasteiger partial charge in [-0.25, -0.2) is 0 Å². The van der Waals surface area contributed by atoms with E-state index < -0.39 is 6.10 Å². The lowest BCUT2D eigenvalue weighted by Crippen LogP contribution is -2.30. The monoisotopic (exact) mass is 785 g/mol. The summed E-state index contributed by atoms with van der Waals surface area (Å²) in [6, 6.07) is 0. The molecule has 0 rings (SSSR count). The summed E-state index contributed by atoms with van der Waals surface area (Å²) in [5.74, 6) is -0.416. The van der Waals surface area contributed by atoms with E-state index in [1.54, 1.807) is 0 Å². The highest BCUT2D eigenvalue weighted by atomic mass is 16.6. The summed E-state index contributed by atoms with van der Waals surface area (Å²) < 4.78 is 17.3. The Morgan fingerprint density at radius 3 is 1.29 bits per heavy atom. The summed E-state index contributed by atoms with van der Waals surface area (Å²) in [7, 11) is 0. The Kier molecular flexibility index (Phi) is 45.4. The predicted molar refractivity (Wildman–Crippen MR) is 242 cm³/mol. The van der Waals surface area contributed by atoms with Crippen molar-refractivity contribution >= 4 is 11.9 Å². The van der Waals surface area contributed by atoms with Gasteiger partial charge in [0.1, 0.15) is 6.61 Å². The summed E-state index contributed by atoms with van der Waals surface area (Å²) >= 11 is 0. The number of carbonyl (C=O) groups is 2. The van der Waals surface area contributed by atoms with Gasteiger partial charge < -0.3 is 14.2 Å². The average Bonchev–Trinajstić information content (AvgIpc) is 3.20. The Hall–Kier alpha value is -2.14. The summed E-state index contributed by atoms with van der Waals surface area (Å²) in [5.41, 5.74) is 0. The molecule has 0 saturated carbocycles. The van der Waals surface area contributed by atoms with Crippen LogP contribution in [0, 0.1) is 0 Å². The van der Waals surface area contributed by atoms with Gasteiger partial charge in [0, 0.05) is 19.4 Å². The Labute approximate surface area is 348 Å². The molecule has 0 aromatic carbocycles. The molecule has 0 spiro atoms.